The number of nitrogens with one attached hydrogen (secondary N) is 1. The molecule has 2 heterocycles. The molecule has 11 nitrogen and oxygen atoms in total. The van der Waals surface area contributed by atoms with E-state index in [0.29, 0.717) is 22.2 Å². The first-order chi connectivity index (χ1) is 20.1. The second-order valence-electron chi connectivity index (χ2n) is 9.42. The molecular weight excluding hydrogens is 603 g/mol. The van der Waals surface area contributed by atoms with Gasteiger partial charge >= 0.3 is 11.9 Å². The van der Waals surface area contributed by atoms with Crippen molar-refractivity contribution >= 4 is 71.5 Å². The Hall–Kier alpha value is -3.80. The Morgan fingerprint density at radius 3 is 2.57 bits per heavy atom. The predicted octanol–water partition coefficient (Wildman–Crippen LogP) is 3.11. The van der Waals surface area contributed by atoms with Gasteiger partial charge in [0.05, 0.1) is 41.6 Å². The van der Waals surface area contributed by atoms with Crippen molar-refractivity contribution in [3.63, 3.8) is 0 Å². The van der Waals surface area contributed by atoms with Gasteiger partial charge in [0.15, 0.2) is 14.6 Å². The molecule has 0 bridgehead atoms. The summed E-state index contributed by atoms with van der Waals surface area (Å²) in [6.45, 7) is 1.89. The van der Waals surface area contributed by atoms with Gasteiger partial charge in [0.2, 0.25) is 5.91 Å². The second-order valence-corrected chi connectivity index (χ2v) is 13.6. The van der Waals surface area contributed by atoms with Crippen LogP contribution in [-0.2, 0) is 48.3 Å². The summed E-state index contributed by atoms with van der Waals surface area (Å²) in [5, 5.41) is 2.82. The maximum atomic E-state index is 12.8. The standard InChI is InChI=1S/C28H29N3O8S3/c1-4-13-31-19-12-11-17(26(34)38-3)14-21(19)41-28(31)30-23(33)16-42(36,37)15-22(32)29-25-24(27(35)39-5-2)18-9-7-6-8-10-20(18)40-25/h1,11-12,14H,5-10,13,15-16H2,2-3H3,(H,29,32). The van der Waals surface area contributed by atoms with Crippen molar-refractivity contribution in [2.75, 3.05) is 30.5 Å². The van der Waals surface area contributed by atoms with Crippen LogP contribution in [-0.4, -0.2) is 62.0 Å². The SMILES string of the molecule is C#CCn1c(=NC(=O)CS(=O)(=O)CC(=O)Nc2sc3c(c2C(=O)OCC)CCCCC3)sc2cc(C(=O)OC)ccc21. The number of nitrogens with zero attached hydrogens (tertiary/aromatic N) is 2. The fourth-order valence-corrected chi connectivity index (χ4v) is 8.03. The van der Waals surface area contributed by atoms with Gasteiger partial charge in [-0.05, 0) is 56.4 Å². The second kappa shape index (κ2) is 13.5. The molecule has 222 valence electrons. The largest absolute Gasteiger partial charge is 0.465 e. The van der Waals surface area contributed by atoms with Crippen molar-refractivity contribution in [1.29, 1.82) is 0 Å². The van der Waals surface area contributed by atoms with E-state index in [4.69, 9.17) is 15.9 Å². The minimum absolute atomic E-state index is 0.0480. The third-order valence-corrected chi connectivity index (χ3v) is 10.1. The number of ether oxygens (including phenoxy) is 2. The van der Waals surface area contributed by atoms with Gasteiger partial charge in [-0.3, -0.25) is 9.59 Å². The van der Waals surface area contributed by atoms with Crippen LogP contribution in [0.3, 0.4) is 0 Å². The fraction of sp³-hybridized carbons (Fsp3) is 0.393. The van der Waals surface area contributed by atoms with Crippen LogP contribution in [0.5, 0.6) is 0 Å². The summed E-state index contributed by atoms with van der Waals surface area (Å²) in [5.41, 5.74) is 2.00. The van der Waals surface area contributed by atoms with Crippen molar-refractivity contribution in [2.45, 2.75) is 45.6 Å². The van der Waals surface area contributed by atoms with Crippen LogP contribution >= 0.6 is 22.7 Å². The quantitative estimate of drug-likeness (QED) is 0.215. The van der Waals surface area contributed by atoms with Crippen molar-refractivity contribution in [3.8, 4) is 12.3 Å². The number of hydrogen-bond acceptors (Lipinski definition) is 10. The number of aromatic nitrogens is 1. The van der Waals surface area contributed by atoms with E-state index in [1.54, 1.807) is 29.7 Å². The first-order valence-electron chi connectivity index (χ1n) is 13.1. The Balaban J connectivity index is 1.53. The molecule has 2 amide bonds. The van der Waals surface area contributed by atoms with Crippen LogP contribution < -0.4 is 10.1 Å². The smallest absolute Gasteiger partial charge is 0.341 e. The van der Waals surface area contributed by atoms with Crippen molar-refractivity contribution in [1.82, 2.24) is 4.57 Å². The summed E-state index contributed by atoms with van der Waals surface area (Å²) in [6.07, 6.45) is 9.80. The lowest BCUT2D eigenvalue weighted by molar-refractivity contribution is -0.115. The van der Waals surface area contributed by atoms with Gasteiger partial charge in [-0.2, -0.15) is 4.99 Å². The normalized spacial score (nSPS) is 13.6. The maximum absolute atomic E-state index is 12.8. The third kappa shape index (κ3) is 7.15. The molecule has 0 spiro atoms. The lowest BCUT2D eigenvalue weighted by atomic mass is 10.1. The third-order valence-electron chi connectivity index (χ3n) is 6.42. The lowest BCUT2D eigenvalue weighted by Gasteiger charge is -2.08. The highest BCUT2D eigenvalue weighted by atomic mass is 32.2. The molecule has 0 aliphatic heterocycles. The molecule has 1 aliphatic rings. The zero-order valence-corrected chi connectivity index (χ0v) is 25.5. The Bertz CT molecular complexity index is 1770. The van der Waals surface area contributed by atoms with Crippen LogP contribution in [0.2, 0.25) is 0 Å². The number of methoxy groups -OCH3 is 1. The van der Waals surface area contributed by atoms with Crippen molar-refractivity contribution in [3.05, 3.63) is 44.6 Å². The number of thiophene rings is 1. The van der Waals surface area contributed by atoms with Gasteiger partial charge in [0.1, 0.15) is 16.5 Å². The highest BCUT2D eigenvalue weighted by Gasteiger charge is 2.28. The molecule has 0 fully saturated rings. The molecule has 1 N–H and O–H groups in total. The molecule has 0 saturated heterocycles. The summed E-state index contributed by atoms with van der Waals surface area (Å²) < 4.78 is 37.7. The van der Waals surface area contributed by atoms with Crippen LogP contribution in [0.1, 0.15) is 57.3 Å². The van der Waals surface area contributed by atoms with Gasteiger partial charge in [-0.25, -0.2) is 18.0 Å². The number of esters is 2. The van der Waals surface area contributed by atoms with E-state index in [1.165, 1.54) is 18.4 Å². The zero-order chi connectivity index (χ0) is 30.4. The number of carbonyl (C=O) groups is 4. The minimum Gasteiger partial charge on any atom is -0.465 e. The molecule has 2 aromatic heterocycles. The molecule has 0 saturated carbocycles. The molecular formula is C28H29N3O8S3. The van der Waals surface area contributed by atoms with Gasteiger partial charge in [0, 0.05) is 4.88 Å². The summed E-state index contributed by atoms with van der Waals surface area (Å²) in [7, 11) is -2.96. The average molecular weight is 632 g/mol. The van der Waals surface area contributed by atoms with Gasteiger partial charge < -0.3 is 19.4 Å². The van der Waals surface area contributed by atoms with E-state index in [2.05, 4.69) is 16.2 Å². The monoisotopic (exact) mass is 631 g/mol. The van der Waals surface area contributed by atoms with Crippen LogP contribution in [0.25, 0.3) is 10.2 Å². The molecule has 0 unspecified atom stereocenters. The molecule has 4 rings (SSSR count). The van der Waals surface area contributed by atoms with Gasteiger partial charge in [-0.15, -0.1) is 17.8 Å². The van der Waals surface area contributed by atoms with E-state index in [0.717, 1.165) is 47.5 Å². The fourth-order valence-electron chi connectivity index (χ4n) is 4.64. The predicted molar refractivity (Wildman–Crippen MR) is 159 cm³/mol. The first-order valence-corrected chi connectivity index (χ1v) is 16.6. The molecule has 1 aromatic carbocycles. The number of terminal acetylenes is 1. The van der Waals surface area contributed by atoms with Crippen molar-refractivity contribution < 1.29 is 37.1 Å². The summed E-state index contributed by atoms with van der Waals surface area (Å²) in [5.74, 6) is -2.48. The maximum Gasteiger partial charge on any atom is 0.341 e. The van der Waals surface area contributed by atoms with Gasteiger partial charge in [0.25, 0.3) is 5.91 Å². The Morgan fingerprint density at radius 2 is 1.86 bits per heavy atom. The number of carbonyl (C=O) groups excluding carboxylic acids is 4. The number of benzene rings is 1. The highest BCUT2D eigenvalue weighted by molar-refractivity contribution is 7.92. The number of amides is 2. The Kier molecular flexibility index (Phi) is 9.97. The first kappa shape index (κ1) is 31.1. The number of thiazole rings is 1. The van der Waals surface area contributed by atoms with E-state index < -0.39 is 45.1 Å². The molecule has 42 heavy (non-hydrogen) atoms. The van der Waals surface area contributed by atoms with E-state index in [1.807, 2.05) is 0 Å². The zero-order valence-electron chi connectivity index (χ0n) is 23.1. The van der Waals surface area contributed by atoms with Gasteiger partial charge in [-0.1, -0.05) is 23.7 Å². The number of fused-ring (bicyclic) bond motifs is 2. The number of aryl methyl sites for hydroxylation is 1. The lowest BCUT2D eigenvalue weighted by Crippen LogP contribution is -2.28. The van der Waals surface area contributed by atoms with Crippen LogP contribution in [0, 0.1) is 12.3 Å². The molecule has 0 atom stereocenters. The molecule has 14 heteroatoms. The molecule has 1 aliphatic carbocycles. The van der Waals surface area contributed by atoms with Crippen LogP contribution in [0.4, 0.5) is 5.00 Å². The van der Waals surface area contributed by atoms with Crippen molar-refractivity contribution in [2.24, 2.45) is 4.99 Å². The van der Waals surface area contributed by atoms with E-state index in [9.17, 15) is 27.6 Å². The van der Waals surface area contributed by atoms with E-state index in [-0.39, 0.29) is 28.5 Å². The highest BCUT2D eigenvalue weighted by Crippen LogP contribution is 2.38. The summed E-state index contributed by atoms with van der Waals surface area (Å²) >= 11 is 2.31. The molecule has 0 radical (unpaired) electrons. The Morgan fingerprint density at radius 1 is 1.10 bits per heavy atom. The topological polar surface area (TPSA) is 150 Å². The summed E-state index contributed by atoms with van der Waals surface area (Å²) in [4.78, 5) is 55.3. The number of rotatable bonds is 9. The summed E-state index contributed by atoms with van der Waals surface area (Å²) in [6, 6.07) is 4.74. The average Bonchev–Trinajstić information content (AvgIpc) is 3.33. The Labute approximate surface area is 250 Å². The number of anilines is 1. The van der Waals surface area contributed by atoms with Crippen LogP contribution in [0.15, 0.2) is 23.2 Å². The minimum atomic E-state index is -4.22. The number of hydrogen-bond donors (Lipinski definition) is 1. The number of sulfone groups is 1. The molecule has 3 aromatic rings. The van der Waals surface area contributed by atoms with E-state index >= 15 is 0 Å².